The van der Waals surface area contributed by atoms with Gasteiger partial charge in [-0.15, -0.1) is 0 Å². The van der Waals surface area contributed by atoms with Crippen molar-refractivity contribution in [3.8, 4) is 0 Å². The predicted octanol–water partition coefficient (Wildman–Crippen LogP) is 2.71. The van der Waals surface area contributed by atoms with Gasteiger partial charge in [-0.05, 0) is 61.1 Å². The van der Waals surface area contributed by atoms with Crippen molar-refractivity contribution in [2.45, 2.75) is 50.0 Å². The first-order valence-corrected chi connectivity index (χ1v) is 8.73. The molecule has 0 bridgehead atoms. The molecule has 1 aromatic carbocycles. The zero-order chi connectivity index (χ0) is 16.7. The Morgan fingerprint density at radius 3 is 2.96 bits per heavy atom. The van der Waals surface area contributed by atoms with Gasteiger partial charge in [-0.25, -0.2) is 4.79 Å². The topological polar surface area (TPSA) is 64.6 Å². The van der Waals surface area contributed by atoms with E-state index in [0.29, 0.717) is 12.5 Å². The Morgan fingerprint density at radius 1 is 1.33 bits per heavy atom. The van der Waals surface area contributed by atoms with Gasteiger partial charge in [0.05, 0.1) is 18.6 Å². The molecule has 1 heterocycles. The SMILES string of the molecule is COC(=O)[C@H]1CCc2cc([C@H]3CC[C@]4(COC(=O)N4)C3)ccc2C1. The lowest BCUT2D eigenvalue weighted by atomic mass is 9.81. The molecule has 0 unspecified atom stereocenters. The smallest absolute Gasteiger partial charge is 0.407 e. The second kappa shape index (κ2) is 5.80. The van der Waals surface area contributed by atoms with E-state index >= 15 is 0 Å². The molecule has 5 heteroatoms. The summed E-state index contributed by atoms with van der Waals surface area (Å²) >= 11 is 0. The molecule has 5 nitrogen and oxygen atoms in total. The number of nitrogens with one attached hydrogen (secondary N) is 1. The van der Waals surface area contributed by atoms with Crippen LogP contribution in [-0.2, 0) is 27.1 Å². The van der Waals surface area contributed by atoms with Crippen LogP contribution in [0.5, 0.6) is 0 Å². The molecule has 0 radical (unpaired) electrons. The number of benzene rings is 1. The molecule has 1 N–H and O–H groups in total. The summed E-state index contributed by atoms with van der Waals surface area (Å²) in [4.78, 5) is 23.1. The van der Waals surface area contributed by atoms with Crippen LogP contribution in [0.3, 0.4) is 0 Å². The Kier molecular flexibility index (Phi) is 3.74. The third kappa shape index (κ3) is 2.66. The van der Waals surface area contributed by atoms with Crippen molar-refractivity contribution in [3.63, 3.8) is 0 Å². The highest BCUT2D eigenvalue weighted by atomic mass is 16.6. The van der Waals surface area contributed by atoms with Crippen LogP contribution in [-0.4, -0.2) is 31.3 Å². The van der Waals surface area contributed by atoms with Crippen molar-refractivity contribution in [3.05, 3.63) is 34.9 Å². The minimum absolute atomic E-state index is 0.00560. The lowest BCUT2D eigenvalue weighted by Gasteiger charge is -2.24. The van der Waals surface area contributed by atoms with E-state index in [1.54, 1.807) is 0 Å². The molecule has 3 aliphatic rings. The molecule has 4 rings (SSSR count). The number of fused-ring (bicyclic) bond motifs is 1. The number of rotatable bonds is 2. The number of ether oxygens (including phenoxy) is 2. The molecule has 1 aliphatic heterocycles. The molecule has 2 fully saturated rings. The van der Waals surface area contributed by atoms with Crippen LogP contribution in [0.15, 0.2) is 18.2 Å². The first-order valence-electron chi connectivity index (χ1n) is 8.73. The number of aryl methyl sites for hydroxylation is 1. The van der Waals surface area contributed by atoms with E-state index < -0.39 is 0 Å². The van der Waals surface area contributed by atoms with Crippen molar-refractivity contribution >= 4 is 12.1 Å². The van der Waals surface area contributed by atoms with Gasteiger partial charge in [0.2, 0.25) is 0 Å². The summed E-state index contributed by atoms with van der Waals surface area (Å²) in [7, 11) is 1.46. The Bertz CT molecular complexity index is 686. The van der Waals surface area contributed by atoms with E-state index in [9.17, 15) is 9.59 Å². The molecular weight excluding hydrogens is 306 g/mol. The normalized spacial score (nSPS) is 31.5. The molecule has 1 spiro atoms. The highest BCUT2D eigenvalue weighted by Gasteiger charge is 2.46. The standard InChI is InChI=1S/C19H23NO4/c1-23-17(21)15-5-4-12-8-14(3-2-13(12)9-15)16-6-7-19(10-16)11-24-18(22)20-19/h2-3,8,15-16H,4-7,9-11H2,1H3,(H,20,22)/t15-,16-,19+/m0/s1. The van der Waals surface area contributed by atoms with Crippen molar-refractivity contribution in [2.75, 3.05) is 13.7 Å². The van der Waals surface area contributed by atoms with Crippen LogP contribution >= 0.6 is 0 Å². The van der Waals surface area contributed by atoms with Crippen LogP contribution in [0.4, 0.5) is 4.79 Å². The minimum Gasteiger partial charge on any atom is -0.469 e. The molecule has 1 amide bonds. The Balaban J connectivity index is 1.49. The Morgan fingerprint density at radius 2 is 2.21 bits per heavy atom. The first kappa shape index (κ1) is 15.5. The zero-order valence-corrected chi connectivity index (χ0v) is 14.0. The van der Waals surface area contributed by atoms with Crippen molar-refractivity contribution < 1.29 is 19.1 Å². The lowest BCUT2D eigenvalue weighted by Crippen LogP contribution is -2.40. The molecule has 2 aliphatic carbocycles. The molecule has 24 heavy (non-hydrogen) atoms. The third-order valence-corrected chi connectivity index (χ3v) is 5.92. The molecule has 3 atom stereocenters. The van der Waals surface area contributed by atoms with E-state index in [2.05, 4.69) is 23.5 Å². The number of amides is 1. The van der Waals surface area contributed by atoms with Crippen LogP contribution in [0.1, 0.15) is 48.3 Å². The summed E-state index contributed by atoms with van der Waals surface area (Å²) in [5, 5.41) is 3.00. The first-order chi connectivity index (χ1) is 11.6. The summed E-state index contributed by atoms with van der Waals surface area (Å²) < 4.78 is 10.0. The average molecular weight is 329 g/mol. The largest absolute Gasteiger partial charge is 0.469 e. The summed E-state index contributed by atoms with van der Waals surface area (Å²) in [6.45, 7) is 0.494. The van der Waals surface area contributed by atoms with E-state index in [0.717, 1.165) is 38.5 Å². The maximum absolute atomic E-state index is 11.8. The van der Waals surface area contributed by atoms with Gasteiger partial charge in [0.25, 0.3) is 0 Å². The third-order valence-electron chi connectivity index (χ3n) is 5.92. The highest BCUT2D eigenvalue weighted by molar-refractivity contribution is 5.73. The van der Waals surface area contributed by atoms with Crippen LogP contribution in [0, 0.1) is 5.92 Å². The summed E-state index contributed by atoms with van der Waals surface area (Å²) in [5.74, 6) is 0.365. The molecule has 1 saturated carbocycles. The van der Waals surface area contributed by atoms with Gasteiger partial charge in [-0.1, -0.05) is 18.2 Å². The van der Waals surface area contributed by atoms with Gasteiger partial charge in [0, 0.05) is 0 Å². The second-order valence-electron chi connectivity index (χ2n) is 7.41. The van der Waals surface area contributed by atoms with Crippen molar-refractivity contribution in [2.24, 2.45) is 5.92 Å². The molecule has 128 valence electrons. The van der Waals surface area contributed by atoms with Crippen molar-refractivity contribution in [1.82, 2.24) is 5.32 Å². The van der Waals surface area contributed by atoms with E-state index in [1.807, 2.05) is 0 Å². The number of alkyl carbamates (subject to hydrolysis) is 1. The minimum atomic E-state index is -0.282. The van der Waals surface area contributed by atoms with Gasteiger partial charge < -0.3 is 14.8 Å². The fourth-order valence-corrected chi connectivity index (χ4v) is 4.54. The number of hydrogen-bond acceptors (Lipinski definition) is 4. The van der Waals surface area contributed by atoms with Crippen LogP contribution in [0.2, 0.25) is 0 Å². The van der Waals surface area contributed by atoms with E-state index in [1.165, 1.54) is 23.8 Å². The Labute approximate surface area is 141 Å². The van der Waals surface area contributed by atoms with Gasteiger partial charge in [0.1, 0.15) is 6.61 Å². The van der Waals surface area contributed by atoms with Gasteiger partial charge in [-0.3, -0.25) is 4.79 Å². The highest BCUT2D eigenvalue weighted by Crippen LogP contribution is 2.43. The quantitative estimate of drug-likeness (QED) is 0.847. The monoisotopic (exact) mass is 329 g/mol. The molecule has 1 aromatic rings. The van der Waals surface area contributed by atoms with Gasteiger partial charge in [0.15, 0.2) is 0 Å². The predicted molar refractivity (Wildman–Crippen MR) is 87.8 cm³/mol. The van der Waals surface area contributed by atoms with Crippen LogP contribution < -0.4 is 5.32 Å². The van der Waals surface area contributed by atoms with E-state index in [4.69, 9.17) is 9.47 Å². The summed E-state index contributed by atoms with van der Waals surface area (Å²) in [6, 6.07) is 6.68. The molecule has 1 saturated heterocycles. The van der Waals surface area contributed by atoms with Crippen LogP contribution in [0.25, 0.3) is 0 Å². The fraction of sp³-hybridized carbons (Fsp3) is 0.579. The number of methoxy groups -OCH3 is 1. The number of carbonyl (C=O) groups is 2. The number of hydrogen-bond donors (Lipinski definition) is 1. The number of carbonyl (C=O) groups excluding carboxylic acids is 2. The number of cyclic esters (lactones) is 1. The second-order valence-corrected chi connectivity index (χ2v) is 7.41. The summed E-state index contributed by atoms with van der Waals surface area (Å²) in [5.41, 5.74) is 3.82. The lowest BCUT2D eigenvalue weighted by molar-refractivity contribution is -0.145. The molecule has 0 aromatic heterocycles. The molecular formula is C19H23NO4. The average Bonchev–Trinajstić information content (AvgIpc) is 3.19. The Hall–Kier alpha value is -2.04. The van der Waals surface area contributed by atoms with E-state index in [-0.39, 0.29) is 23.5 Å². The summed E-state index contributed by atoms with van der Waals surface area (Å²) in [6.07, 6.45) is 5.29. The fourth-order valence-electron chi connectivity index (χ4n) is 4.54. The van der Waals surface area contributed by atoms with Gasteiger partial charge >= 0.3 is 12.1 Å². The maximum atomic E-state index is 11.8. The maximum Gasteiger partial charge on any atom is 0.407 e. The van der Waals surface area contributed by atoms with Gasteiger partial charge in [-0.2, -0.15) is 0 Å². The van der Waals surface area contributed by atoms with Crippen molar-refractivity contribution in [1.29, 1.82) is 0 Å². The zero-order valence-electron chi connectivity index (χ0n) is 14.0. The number of esters is 1.